The third-order valence-electron chi connectivity index (χ3n) is 3.09. The fourth-order valence-corrected chi connectivity index (χ4v) is 1.91. The first-order valence-corrected chi connectivity index (χ1v) is 9.09. The van der Waals surface area contributed by atoms with Crippen LogP contribution in [0, 0.1) is 0 Å². The molecular weight excluding hydrogens is 296 g/mol. The molecule has 0 saturated heterocycles. The summed E-state index contributed by atoms with van der Waals surface area (Å²) in [5, 5.41) is 17.0. The first-order valence-electron chi connectivity index (χ1n) is 9.09. The van der Waals surface area contributed by atoms with Gasteiger partial charge in [-0.05, 0) is 41.5 Å². The molecule has 0 unspecified atom stereocenters. The molecule has 0 amide bonds. The van der Waals surface area contributed by atoms with E-state index >= 15 is 0 Å². The lowest BCUT2D eigenvalue weighted by Gasteiger charge is -2.14. The number of aliphatic hydroxyl groups is 2. The number of aliphatic hydroxyl groups excluding tert-OH is 2. The molecule has 1 aromatic carbocycles. The van der Waals surface area contributed by atoms with Gasteiger partial charge in [-0.3, -0.25) is 0 Å². The second kappa shape index (κ2) is 17.7. The molecule has 1 aliphatic rings. The molecule has 0 heterocycles. The highest BCUT2D eigenvalue weighted by Crippen LogP contribution is 2.27. The molecule has 2 rings (SSSR count). The van der Waals surface area contributed by atoms with Gasteiger partial charge in [-0.15, -0.1) is 0 Å². The van der Waals surface area contributed by atoms with E-state index in [9.17, 15) is 0 Å². The monoisotopic (exact) mass is 332 g/mol. The number of rotatable bonds is 4. The SMILES string of the molecule is C=C(C1=CCCC(CO)=C1)c1ccccc1.CC.CC.CCCO. The summed E-state index contributed by atoms with van der Waals surface area (Å²) in [4.78, 5) is 0. The molecule has 0 spiro atoms. The van der Waals surface area contributed by atoms with Crippen molar-refractivity contribution >= 4 is 5.57 Å². The zero-order chi connectivity index (χ0) is 18.8. The van der Waals surface area contributed by atoms with Gasteiger partial charge in [-0.25, -0.2) is 0 Å². The Kier molecular flexibility index (Phi) is 18.2. The van der Waals surface area contributed by atoms with Crippen molar-refractivity contribution in [2.45, 2.75) is 53.9 Å². The Balaban J connectivity index is 0. The number of hydrogen-bond acceptors (Lipinski definition) is 2. The summed E-state index contributed by atoms with van der Waals surface area (Å²) in [5.41, 5.74) is 4.41. The highest BCUT2D eigenvalue weighted by Gasteiger charge is 2.08. The van der Waals surface area contributed by atoms with Crippen LogP contribution in [-0.2, 0) is 0 Å². The molecule has 0 aliphatic heterocycles. The molecule has 0 radical (unpaired) electrons. The Bertz CT molecular complexity index is 468. The Labute approximate surface area is 149 Å². The van der Waals surface area contributed by atoms with Crippen molar-refractivity contribution in [2.24, 2.45) is 0 Å². The van der Waals surface area contributed by atoms with E-state index in [-0.39, 0.29) is 6.61 Å². The molecule has 24 heavy (non-hydrogen) atoms. The van der Waals surface area contributed by atoms with E-state index in [0.29, 0.717) is 6.61 Å². The predicted molar refractivity (Wildman–Crippen MR) is 108 cm³/mol. The second-order valence-electron chi connectivity index (χ2n) is 4.73. The van der Waals surface area contributed by atoms with Crippen LogP contribution < -0.4 is 0 Å². The molecule has 0 aromatic heterocycles. The lowest BCUT2D eigenvalue weighted by atomic mass is 9.92. The van der Waals surface area contributed by atoms with Crippen molar-refractivity contribution in [3.8, 4) is 0 Å². The topological polar surface area (TPSA) is 40.5 Å². The van der Waals surface area contributed by atoms with E-state index in [0.717, 1.165) is 41.5 Å². The molecular formula is C22H36O2. The average molecular weight is 333 g/mol. The van der Waals surface area contributed by atoms with Gasteiger partial charge in [0.15, 0.2) is 0 Å². The lowest BCUT2D eigenvalue weighted by molar-refractivity contribution is 0.295. The summed E-state index contributed by atoms with van der Waals surface area (Å²) in [6.45, 7) is 14.5. The largest absolute Gasteiger partial charge is 0.396 e. The minimum atomic E-state index is 0.152. The van der Waals surface area contributed by atoms with Crippen molar-refractivity contribution < 1.29 is 10.2 Å². The minimum absolute atomic E-state index is 0.152. The van der Waals surface area contributed by atoms with E-state index in [1.54, 1.807) is 0 Å². The van der Waals surface area contributed by atoms with Gasteiger partial charge in [-0.2, -0.15) is 0 Å². The summed E-state index contributed by atoms with van der Waals surface area (Å²) in [7, 11) is 0. The summed E-state index contributed by atoms with van der Waals surface area (Å²) < 4.78 is 0. The third-order valence-corrected chi connectivity index (χ3v) is 3.09. The standard InChI is InChI=1S/C15H16O.C3H8O.2C2H6/c1-12(14-7-3-2-4-8-14)15-9-5-6-13(10-15)11-16;1-2-3-4;2*1-2/h2-4,7-10,16H,1,5-6,11H2;4H,2-3H2,1H3;2*1-2H3. The Morgan fingerprint density at radius 3 is 2.04 bits per heavy atom. The molecule has 2 nitrogen and oxygen atoms in total. The van der Waals surface area contributed by atoms with E-state index in [1.807, 2.05) is 52.8 Å². The van der Waals surface area contributed by atoms with Gasteiger partial charge in [0, 0.05) is 6.61 Å². The van der Waals surface area contributed by atoms with Crippen LogP contribution in [0.25, 0.3) is 5.57 Å². The third kappa shape index (κ3) is 10.2. The van der Waals surface area contributed by atoms with E-state index in [1.165, 1.54) is 0 Å². The maximum absolute atomic E-state index is 9.14. The quantitative estimate of drug-likeness (QED) is 0.733. The van der Waals surface area contributed by atoms with Gasteiger partial charge < -0.3 is 10.2 Å². The van der Waals surface area contributed by atoms with Gasteiger partial charge in [0.25, 0.3) is 0 Å². The normalized spacial score (nSPS) is 12.0. The molecule has 0 fully saturated rings. The highest BCUT2D eigenvalue weighted by atomic mass is 16.3. The highest BCUT2D eigenvalue weighted by molar-refractivity contribution is 5.80. The maximum Gasteiger partial charge on any atom is 0.0645 e. The first kappa shape index (κ1) is 24.6. The Hall–Kier alpha value is -1.64. The Morgan fingerprint density at radius 1 is 1.04 bits per heavy atom. The summed E-state index contributed by atoms with van der Waals surface area (Å²) >= 11 is 0. The van der Waals surface area contributed by atoms with E-state index in [2.05, 4.69) is 30.9 Å². The van der Waals surface area contributed by atoms with Crippen molar-refractivity contribution in [1.29, 1.82) is 0 Å². The minimum Gasteiger partial charge on any atom is -0.396 e. The van der Waals surface area contributed by atoms with Crippen molar-refractivity contribution in [3.63, 3.8) is 0 Å². The zero-order valence-electron chi connectivity index (χ0n) is 16.2. The van der Waals surface area contributed by atoms with E-state index < -0.39 is 0 Å². The molecule has 1 aromatic rings. The fraction of sp³-hybridized carbons (Fsp3) is 0.455. The molecule has 136 valence electrons. The summed E-state index contributed by atoms with van der Waals surface area (Å²) in [6, 6.07) is 10.1. The van der Waals surface area contributed by atoms with Crippen molar-refractivity contribution in [3.05, 3.63) is 65.8 Å². The van der Waals surface area contributed by atoms with Gasteiger partial charge in [0.2, 0.25) is 0 Å². The van der Waals surface area contributed by atoms with Crippen LogP contribution in [0.1, 0.15) is 59.4 Å². The van der Waals surface area contributed by atoms with E-state index in [4.69, 9.17) is 10.2 Å². The second-order valence-corrected chi connectivity index (χ2v) is 4.73. The maximum atomic E-state index is 9.14. The molecule has 2 N–H and O–H groups in total. The van der Waals surface area contributed by atoms with Crippen LogP contribution in [0.4, 0.5) is 0 Å². The molecule has 0 bridgehead atoms. The van der Waals surface area contributed by atoms with Crippen LogP contribution >= 0.6 is 0 Å². The molecule has 0 saturated carbocycles. The molecule has 1 aliphatic carbocycles. The Morgan fingerprint density at radius 2 is 1.58 bits per heavy atom. The van der Waals surface area contributed by atoms with Crippen LogP contribution in [0.3, 0.4) is 0 Å². The summed E-state index contributed by atoms with van der Waals surface area (Å²) in [6.07, 6.45) is 7.07. The van der Waals surface area contributed by atoms with Gasteiger partial charge in [0.05, 0.1) is 6.61 Å². The van der Waals surface area contributed by atoms with Crippen LogP contribution in [0.15, 0.2) is 60.2 Å². The van der Waals surface area contributed by atoms with Crippen molar-refractivity contribution in [2.75, 3.05) is 13.2 Å². The lowest BCUT2D eigenvalue weighted by Crippen LogP contribution is -1.98. The van der Waals surface area contributed by atoms with Crippen LogP contribution in [-0.4, -0.2) is 23.4 Å². The first-order chi connectivity index (χ1) is 11.7. The number of hydrogen-bond donors (Lipinski definition) is 2. The van der Waals surface area contributed by atoms with Crippen LogP contribution in [0.2, 0.25) is 0 Å². The fourth-order valence-electron chi connectivity index (χ4n) is 1.91. The van der Waals surface area contributed by atoms with Crippen molar-refractivity contribution in [1.82, 2.24) is 0 Å². The van der Waals surface area contributed by atoms with Crippen LogP contribution in [0.5, 0.6) is 0 Å². The average Bonchev–Trinajstić information content (AvgIpc) is 2.71. The molecule has 2 heteroatoms. The molecule has 0 atom stereocenters. The number of benzene rings is 1. The van der Waals surface area contributed by atoms with Gasteiger partial charge in [0.1, 0.15) is 0 Å². The van der Waals surface area contributed by atoms with Gasteiger partial charge >= 0.3 is 0 Å². The summed E-state index contributed by atoms with van der Waals surface area (Å²) in [5.74, 6) is 0. The zero-order valence-corrected chi connectivity index (χ0v) is 16.2. The van der Waals surface area contributed by atoms with Gasteiger partial charge in [-0.1, -0.05) is 83.7 Å². The number of allylic oxidation sites excluding steroid dienone is 4. The smallest absolute Gasteiger partial charge is 0.0645 e. The predicted octanol–water partition coefficient (Wildman–Crippen LogP) is 5.78.